The molecule has 5 fully saturated rings. The van der Waals surface area contributed by atoms with Crippen LogP contribution in [0.25, 0.3) is 0 Å². The number of hydrogen-bond donors (Lipinski definition) is 1. The van der Waals surface area contributed by atoms with Crippen LogP contribution in [0.4, 0.5) is 0 Å². The third-order valence-corrected chi connectivity index (χ3v) is 9.31. The summed E-state index contributed by atoms with van der Waals surface area (Å²) in [6.45, 7) is 5.84. The van der Waals surface area contributed by atoms with E-state index in [1.165, 1.54) is 32.1 Å². The van der Waals surface area contributed by atoms with Crippen LogP contribution in [-0.4, -0.2) is 29.7 Å². The van der Waals surface area contributed by atoms with Gasteiger partial charge in [-0.05, 0) is 93.8 Å². The molecule has 6 aliphatic rings. The summed E-state index contributed by atoms with van der Waals surface area (Å²) in [7, 11) is 0. The van der Waals surface area contributed by atoms with Gasteiger partial charge in [-0.25, -0.2) is 0 Å². The van der Waals surface area contributed by atoms with Crippen LogP contribution >= 0.6 is 0 Å². The van der Waals surface area contributed by atoms with Crippen LogP contribution in [0.5, 0.6) is 0 Å². The summed E-state index contributed by atoms with van der Waals surface area (Å²) >= 11 is 0. The lowest BCUT2D eigenvalue weighted by atomic mass is 9.41. The van der Waals surface area contributed by atoms with E-state index in [-0.39, 0.29) is 17.1 Å². The quantitative estimate of drug-likeness (QED) is 0.509. The Balaban J connectivity index is 1.58. The summed E-state index contributed by atoms with van der Waals surface area (Å²) in [6, 6.07) is 0. The van der Waals surface area contributed by atoms with E-state index in [9.17, 15) is 9.59 Å². The molecule has 1 amide bonds. The van der Waals surface area contributed by atoms with E-state index >= 15 is 0 Å². The molecule has 0 aromatic rings. The zero-order chi connectivity index (χ0) is 20.4. The van der Waals surface area contributed by atoms with E-state index in [4.69, 9.17) is 5.73 Å². The number of primary amides is 1. The Morgan fingerprint density at radius 1 is 1.07 bits per heavy atom. The molecule has 1 aliphatic heterocycles. The van der Waals surface area contributed by atoms with Crippen molar-refractivity contribution < 1.29 is 9.59 Å². The first-order valence-corrected chi connectivity index (χ1v) is 12.2. The molecule has 5 saturated carbocycles. The normalized spacial score (nSPS) is 41.4. The Hall–Kier alpha value is -1.32. The molecule has 0 spiro atoms. The van der Waals surface area contributed by atoms with Gasteiger partial charge in [-0.2, -0.15) is 0 Å². The minimum atomic E-state index is -0.993. The maximum Gasteiger partial charge on any atom is 0.233 e. The Morgan fingerprint density at radius 3 is 2.14 bits per heavy atom. The minimum absolute atomic E-state index is 0.138. The van der Waals surface area contributed by atoms with E-state index in [1.54, 1.807) is 0 Å². The van der Waals surface area contributed by atoms with E-state index < -0.39 is 5.41 Å². The van der Waals surface area contributed by atoms with Crippen LogP contribution in [0.1, 0.15) is 84.5 Å². The predicted octanol–water partition coefficient (Wildman–Crippen LogP) is 4.43. The lowest BCUT2D eigenvalue weighted by Crippen LogP contribution is -2.67. The van der Waals surface area contributed by atoms with Crippen LogP contribution < -0.4 is 5.73 Å². The topological polar surface area (TPSA) is 63.4 Å². The number of ketones is 1. The van der Waals surface area contributed by atoms with Crippen LogP contribution in [-0.2, 0) is 9.59 Å². The van der Waals surface area contributed by atoms with E-state index in [0.717, 1.165) is 56.3 Å². The monoisotopic (exact) mass is 398 g/mol. The molecule has 29 heavy (non-hydrogen) atoms. The van der Waals surface area contributed by atoms with E-state index in [1.807, 2.05) is 0 Å². The second-order valence-corrected chi connectivity index (χ2v) is 11.2. The second kappa shape index (κ2) is 6.85. The molecule has 160 valence electrons. The summed E-state index contributed by atoms with van der Waals surface area (Å²) < 4.78 is 0. The zero-order valence-electron chi connectivity index (χ0n) is 18.3. The van der Waals surface area contributed by atoms with Crippen LogP contribution in [0.2, 0.25) is 0 Å². The van der Waals surface area contributed by atoms with E-state index in [2.05, 4.69) is 18.7 Å². The van der Waals surface area contributed by atoms with Crippen molar-refractivity contribution in [2.75, 3.05) is 13.1 Å². The van der Waals surface area contributed by atoms with Crippen molar-refractivity contribution in [3.8, 4) is 0 Å². The van der Waals surface area contributed by atoms with Gasteiger partial charge in [0.1, 0.15) is 5.41 Å². The largest absolute Gasteiger partial charge is 0.373 e. The van der Waals surface area contributed by atoms with Crippen molar-refractivity contribution in [1.29, 1.82) is 0 Å². The number of rotatable bonds is 7. The van der Waals surface area contributed by atoms with Gasteiger partial charge in [0.15, 0.2) is 5.78 Å². The third-order valence-electron chi connectivity index (χ3n) is 9.31. The first-order chi connectivity index (χ1) is 13.9. The van der Waals surface area contributed by atoms with Crippen molar-refractivity contribution in [3.05, 3.63) is 11.3 Å². The molecule has 5 aliphatic carbocycles. The van der Waals surface area contributed by atoms with Crippen molar-refractivity contribution >= 4 is 11.7 Å². The molecule has 1 unspecified atom stereocenters. The lowest BCUT2D eigenvalue weighted by Gasteiger charge is -2.63. The summed E-state index contributed by atoms with van der Waals surface area (Å²) in [5.74, 6) is 2.29. The highest BCUT2D eigenvalue weighted by Crippen LogP contribution is 2.67. The highest BCUT2D eigenvalue weighted by Gasteiger charge is 2.68. The molecular formula is C25H38N2O2. The standard InChI is InChI=1S/C25H38N2O2/c1-3-4-5-8-27-15-25(23(26)29,22(28)21(16(27)2)20-6-7-20)24-12-17-9-18(13-24)11-19(10-17)14-24/h17-20H,3-15H2,1-2H3,(H2,26,29). The van der Waals surface area contributed by atoms with Gasteiger partial charge in [0.2, 0.25) is 5.91 Å². The van der Waals surface area contributed by atoms with Gasteiger partial charge in [0.25, 0.3) is 0 Å². The van der Waals surface area contributed by atoms with Crippen molar-refractivity contribution in [2.24, 2.45) is 40.2 Å². The molecule has 0 radical (unpaired) electrons. The number of hydrogen-bond acceptors (Lipinski definition) is 3. The average molecular weight is 399 g/mol. The highest BCUT2D eigenvalue weighted by molar-refractivity contribution is 6.15. The molecule has 2 N–H and O–H groups in total. The van der Waals surface area contributed by atoms with Crippen molar-refractivity contribution in [3.63, 3.8) is 0 Å². The molecule has 1 heterocycles. The van der Waals surface area contributed by atoms with Crippen LogP contribution in [0.15, 0.2) is 11.3 Å². The lowest BCUT2D eigenvalue weighted by molar-refractivity contribution is -0.172. The number of carbonyl (C=O) groups is 2. The minimum Gasteiger partial charge on any atom is -0.373 e. The first-order valence-electron chi connectivity index (χ1n) is 12.2. The molecular weight excluding hydrogens is 360 g/mol. The Labute approximate surface area is 175 Å². The first kappa shape index (κ1) is 19.6. The number of allylic oxidation sites excluding steroid dienone is 2. The Kier molecular flexibility index (Phi) is 4.64. The molecule has 4 bridgehead atoms. The summed E-state index contributed by atoms with van der Waals surface area (Å²) in [6.07, 6.45) is 12.8. The Bertz CT molecular complexity index is 715. The molecule has 4 heteroatoms. The molecule has 6 rings (SSSR count). The maximum absolute atomic E-state index is 14.2. The SMILES string of the molecule is CCCCCN1CC(C(N)=O)(C23CC4CC(CC(C4)C2)C3)C(=O)C(C2CC2)=C1C. The number of nitrogens with two attached hydrogens (primary N) is 1. The van der Waals surface area contributed by atoms with Gasteiger partial charge in [-0.15, -0.1) is 0 Å². The average Bonchev–Trinajstić information content (AvgIpc) is 3.47. The summed E-state index contributed by atoms with van der Waals surface area (Å²) in [5.41, 5.74) is 7.19. The van der Waals surface area contributed by atoms with E-state index in [0.29, 0.717) is 30.2 Å². The predicted molar refractivity (Wildman–Crippen MR) is 114 cm³/mol. The number of amides is 1. The highest BCUT2D eigenvalue weighted by atomic mass is 16.2. The third kappa shape index (κ3) is 2.84. The molecule has 1 atom stereocenters. The molecule has 0 aromatic heterocycles. The number of carbonyl (C=O) groups excluding carboxylic acids is 2. The summed E-state index contributed by atoms with van der Waals surface area (Å²) in [5, 5.41) is 0. The fraction of sp³-hybridized carbons (Fsp3) is 0.840. The van der Waals surface area contributed by atoms with Gasteiger partial charge in [-0.1, -0.05) is 19.8 Å². The second-order valence-electron chi connectivity index (χ2n) is 11.2. The van der Waals surface area contributed by atoms with Crippen LogP contribution in [0, 0.1) is 34.5 Å². The number of unbranched alkanes of at least 4 members (excludes halogenated alkanes) is 2. The van der Waals surface area contributed by atoms with Gasteiger partial charge in [-0.3, -0.25) is 9.59 Å². The fourth-order valence-electron chi connectivity index (χ4n) is 8.19. The van der Waals surface area contributed by atoms with Gasteiger partial charge >= 0.3 is 0 Å². The Morgan fingerprint density at radius 2 is 1.66 bits per heavy atom. The molecule has 0 aromatic carbocycles. The molecule has 0 saturated heterocycles. The fourth-order valence-corrected chi connectivity index (χ4v) is 8.19. The van der Waals surface area contributed by atoms with Gasteiger partial charge in [0, 0.05) is 24.4 Å². The summed E-state index contributed by atoms with van der Waals surface area (Å²) in [4.78, 5) is 29.9. The smallest absolute Gasteiger partial charge is 0.233 e. The maximum atomic E-state index is 14.2. The van der Waals surface area contributed by atoms with Gasteiger partial charge < -0.3 is 10.6 Å². The van der Waals surface area contributed by atoms with Crippen molar-refractivity contribution in [2.45, 2.75) is 84.5 Å². The number of Topliss-reactive ketones (excluding diaryl/α,β-unsaturated/α-hetero) is 1. The number of nitrogens with zero attached hydrogens (tertiary/aromatic N) is 1. The van der Waals surface area contributed by atoms with Crippen molar-refractivity contribution in [1.82, 2.24) is 4.90 Å². The zero-order valence-corrected chi connectivity index (χ0v) is 18.3. The van der Waals surface area contributed by atoms with Crippen LogP contribution in [0.3, 0.4) is 0 Å². The molecule has 4 nitrogen and oxygen atoms in total. The van der Waals surface area contributed by atoms with Gasteiger partial charge in [0.05, 0.1) is 0 Å².